The van der Waals surface area contributed by atoms with Crippen molar-refractivity contribution in [3.63, 3.8) is 0 Å². The Balaban J connectivity index is 1.94. The van der Waals surface area contributed by atoms with Gasteiger partial charge in [0.2, 0.25) is 5.88 Å². The van der Waals surface area contributed by atoms with Crippen LogP contribution in [0.15, 0.2) is 53.1 Å². The number of nitrogens with zero attached hydrogens (tertiary/aromatic N) is 3. The quantitative estimate of drug-likeness (QED) is 0.841. The van der Waals surface area contributed by atoms with Gasteiger partial charge in [0.15, 0.2) is 5.78 Å². The maximum absolute atomic E-state index is 13.2. The monoisotopic (exact) mass is 388 g/mol. The number of hydrogen-bond acceptors (Lipinski definition) is 5. The van der Waals surface area contributed by atoms with Crippen LogP contribution in [0, 0.1) is 30.6 Å². The minimum atomic E-state index is -0.551. The van der Waals surface area contributed by atoms with E-state index < -0.39 is 5.92 Å². The van der Waals surface area contributed by atoms with Crippen molar-refractivity contribution in [3.05, 3.63) is 70.1 Å². The van der Waals surface area contributed by atoms with Gasteiger partial charge in [-0.15, -0.1) is 0 Å². The van der Waals surface area contributed by atoms with Crippen molar-refractivity contribution in [3.8, 4) is 11.8 Å². The van der Waals surface area contributed by atoms with Gasteiger partial charge in [-0.1, -0.05) is 32.0 Å². The summed E-state index contributed by atoms with van der Waals surface area (Å²) in [4.78, 5) is 13.2. The number of ether oxygens (including phenoxy) is 1. The fourth-order valence-corrected chi connectivity index (χ4v) is 4.47. The number of benzene rings is 1. The molecule has 0 saturated heterocycles. The molecule has 0 saturated carbocycles. The van der Waals surface area contributed by atoms with Crippen LogP contribution in [0.1, 0.15) is 49.6 Å². The number of para-hydroxylation sites is 1. The average molecular weight is 388 g/mol. The molecule has 1 aliphatic heterocycles. The largest absolute Gasteiger partial charge is 0.444 e. The molecule has 0 unspecified atom stereocenters. The highest BCUT2D eigenvalue weighted by molar-refractivity contribution is 6.00. The molecule has 29 heavy (non-hydrogen) atoms. The van der Waals surface area contributed by atoms with Crippen molar-refractivity contribution in [2.24, 2.45) is 11.1 Å². The highest BCUT2D eigenvalue weighted by Crippen LogP contribution is 2.49. The van der Waals surface area contributed by atoms with E-state index in [1.807, 2.05) is 62.7 Å². The summed E-state index contributed by atoms with van der Waals surface area (Å²) in [5.74, 6) is 0.115. The molecule has 0 fully saturated rings. The summed E-state index contributed by atoms with van der Waals surface area (Å²) < 4.78 is 7.64. The van der Waals surface area contributed by atoms with Gasteiger partial charge < -0.3 is 10.5 Å². The predicted molar refractivity (Wildman–Crippen MR) is 109 cm³/mol. The molecule has 0 radical (unpaired) electrons. The zero-order valence-electron chi connectivity index (χ0n) is 17.1. The Morgan fingerprint density at radius 2 is 1.93 bits per heavy atom. The van der Waals surface area contributed by atoms with Crippen LogP contribution >= 0.6 is 0 Å². The maximum atomic E-state index is 13.2. The van der Waals surface area contributed by atoms with Gasteiger partial charge in [-0.25, -0.2) is 4.68 Å². The van der Waals surface area contributed by atoms with Gasteiger partial charge in [0.05, 0.1) is 17.3 Å². The molecule has 1 aromatic carbocycles. The standard InChI is InChI=1S/C23H24N4O2/c1-13-19(14(2)27(26-13)15-8-6-5-7-9-15)20-16(12-24)22(25)29-18-11-23(3,4)10-17(28)21(18)20/h5-9,20H,10-11,25H2,1-4H3/t20-/m0/s1. The fraction of sp³-hybridized carbons (Fsp3) is 0.348. The number of Topliss-reactive ketones (excluding diaryl/α,β-unsaturated/α-hetero) is 1. The predicted octanol–water partition coefficient (Wildman–Crippen LogP) is 3.94. The summed E-state index contributed by atoms with van der Waals surface area (Å²) in [5.41, 5.74) is 10.2. The second-order valence-electron chi connectivity index (χ2n) is 8.53. The first kappa shape index (κ1) is 19.0. The Hall–Kier alpha value is -3.33. The fourth-order valence-electron chi connectivity index (χ4n) is 4.47. The first-order valence-corrected chi connectivity index (χ1v) is 9.69. The van der Waals surface area contributed by atoms with Crippen molar-refractivity contribution >= 4 is 5.78 Å². The third-order valence-electron chi connectivity index (χ3n) is 5.71. The van der Waals surface area contributed by atoms with Crippen molar-refractivity contribution in [1.29, 1.82) is 5.26 Å². The van der Waals surface area contributed by atoms with E-state index in [-0.39, 0.29) is 22.7 Å². The van der Waals surface area contributed by atoms with E-state index in [2.05, 4.69) is 6.07 Å². The summed E-state index contributed by atoms with van der Waals surface area (Å²) >= 11 is 0. The van der Waals surface area contributed by atoms with E-state index in [0.29, 0.717) is 24.2 Å². The average Bonchev–Trinajstić information content (AvgIpc) is 2.94. The van der Waals surface area contributed by atoms with E-state index >= 15 is 0 Å². The van der Waals surface area contributed by atoms with Crippen LogP contribution in [-0.2, 0) is 9.53 Å². The Morgan fingerprint density at radius 3 is 2.59 bits per heavy atom. The number of rotatable bonds is 2. The summed E-state index contributed by atoms with van der Waals surface area (Å²) in [6.45, 7) is 7.94. The molecular formula is C23H24N4O2. The van der Waals surface area contributed by atoms with Gasteiger partial charge in [-0.05, 0) is 31.4 Å². The van der Waals surface area contributed by atoms with Gasteiger partial charge in [0.1, 0.15) is 17.4 Å². The van der Waals surface area contributed by atoms with Crippen molar-refractivity contribution < 1.29 is 9.53 Å². The molecule has 2 aromatic rings. The molecule has 2 N–H and O–H groups in total. The first-order valence-electron chi connectivity index (χ1n) is 9.69. The van der Waals surface area contributed by atoms with Crippen LogP contribution < -0.4 is 5.73 Å². The Kier molecular flexibility index (Phi) is 4.34. The molecule has 0 bridgehead atoms. The third-order valence-corrected chi connectivity index (χ3v) is 5.71. The highest BCUT2D eigenvalue weighted by atomic mass is 16.5. The number of allylic oxidation sites excluding steroid dienone is 3. The smallest absolute Gasteiger partial charge is 0.205 e. The highest BCUT2D eigenvalue weighted by Gasteiger charge is 2.44. The van der Waals surface area contributed by atoms with Gasteiger partial charge in [0, 0.05) is 29.7 Å². The molecule has 6 heteroatoms. The second kappa shape index (κ2) is 6.63. The lowest BCUT2D eigenvalue weighted by Gasteiger charge is -2.37. The minimum Gasteiger partial charge on any atom is -0.444 e. The molecule has 1 aliphatic carbocycles. The van der Waals surface area contributed by atoms with E-state index in [1.165, 1.54) is 0 Å². The first-order chi connectivity index (χ1) is 13.7. The SMILES string of the molecule is Cc1nn(-c2ccccc2)c(C)c1[C@@H]1C(C#N)=C(N)OC2=C1C(=O)CC(C)(C)C2. The third kappa shape index (κ3) is 3.03. The van der Waals surface area contributed by atoms with Crippen molar-refractivity contribution in [2.45, 2.75) is 46.5 Å². The van der Waals surface area contributed by atoms with Crippen LogP contribution in [0.4, 0.5) is 0 Å². The topological polar surface area (TPSA) is 93.9 Å². The zero-order chi connectivity index (χ0) is 20.9. The van der Waals surface area contributed by atoms with E-state index in [1.54, 1.807) is 0 Å². The van der Waals surface area contributed by atoms with Gasteiger partial charge >= 0.3 is 0 Å². The summed E-state index contributed by atoms with van der Waals surface area (Å²) in [7, 11) is 0. The Morgan fingerprint density at radius 1 is 1.24 bits per heavy atom. The summed E-state index contributed by atoms with van der Waals surface area (Å²) in [6.07, 6.45) is 1.02. The summed E-state index contributed by atoms with van der Waals surface area (Å²) in [6, 6.07) is 12.0. The van der Waals surface area contributed by atoms with E-state index in [9.17, 15) is 10.1 Å². The minimum absolute atomic E-state index is 0.00719. The van der Waals surface area contributed by atoms with Crippen LogP contribution in [0.25, 0.3) is 5.69 Å². The van der Waals surface area contributed by atoms with Crippen molar-refractivity contribution in [2.75, 3.05) is 0 Å². The van der Waals surface area contributed by atoms with Crippen LogP contribution in [0.2, 0.25) is 0 Å². The number of hydrogen-bond donors (Lipinski definition) is 1. The number of nitrogens with two attached hydrogens (primary N) is 1. The lowest BCUT2D eigenvalue weighted by Crippen LogP contribution is -2.33. The van der Waals surface area contributed by atoms with Crippen LogP contribution in [0.3, 0.4) is 0 Å². The second-order valence-corrected chi connectivity index (χ2v) is 8.53. The molecule has 1 atom stereocenters. The zero-order valence-corrected chi connectivity index (χ0v) is 17.1. The lowest BCUT2D eigenvalue weighted by atomic mass is 9.70. The molecule has 4 rings (SSSR count). The molecule has 1 aromatic heterocycles. The number of ketones is 1. The van der Waals surface area contributed by atoms with Gasteiger partial charge in [0.25, 0.3) is 0 Å². The van der Waals surface area contributed by atoms with Crippen molar-refractivity contribution in [1.82, 2.24) is 9.78 Å². The van der Waals surface area contributed by atoms with Gasteiger partial charge in [-0.2, -0.15) is 10.4 Å². The lowest BCUT2D eigenvalue weighted by molar-refractivity contribution is -0.119. The van der Waals surface area contributed by atoms with Crippen LogP contribution in [0.5, 0.6) is 0 Å². The Labute approximate surface area is 170 Å². The number of carbonyl (C=O) groups excluding carboxylic acids is 1. The number of carbonyl (C=O) groups is 1. The summed E-state index contributed by atoms with van der Waals surface area (Å²) in [5, 5.41) is 14.6. The molecule has 2 aliphatic rings. The molecular weight excluding hydrogens is 364 g/mol. The van der Waals surface area contributed by atoms with E-state index in [4.69, 9.17) is 15.6 Å². The normalized spacial score (nSPS) is 20.9. The molecule has 0 spiro atoms. The number of aryl methyl sites for hydroxylation is 1. The molecule has 0 amide bonds. The van der Waals surface area contributed by atoms with Crippen LogP contribution in [-0.4, -0.2) is 15.6 Å². The van der Waals surface area contributed by atoms with Gasteiger partial charge in [-0.3, -0.25) is 4.79 Å². The molecule has 148 valence electrons. The van der Waals surface area contributed by atoms with E-state index in [0.717, 1.165) is 22.6 Å². The molecule has 6 nitrogen and oxygen atoms in total. The maximum Gasteiger partial charge on any atom is 0.205 e. The Bertz CT molecular complexity index is 1110. The molecule has 2 heterocycles. The number of nitriles is 1. The number of aromatic nitrogens is 2.